The van der Waals surface area contributed by atoms with Crippen molar-refractivity contribution >= 4 is 39.3 Å². The Labute approximate surface area is 153 Å². The van der Waals surface area contributed by atoms with Crippen molar-refractivity contribution in [3.8, 4) is 11.1 Å². The Morgan fingerprint density at radius 2 is 2.04 bits per heavy atom. The van der Waals surface area contributed by atoms with Crippen molar-refractivity contribution in [2.75, 3.05) is 6.61 Å². The van der Waals surface area contributed by atoms with Crippen LogP contribution in [-0.2, 0) is 9.53 Å². The molecule has 25 heavy (non-hydrogen) atoms. The number of rotatable bonds is 6. The maximum absolute atomic E-state index is 13.2. The lowest BCUT2D eigenvalue weighted by atomic mass is 10.1. The predicted octanol–water partition coefficient (Wildman–Crippen LogP) is 4.93. The number of fused-ring (bicyclic) bond motifs is 1. The molecule has 0 N–H and O–H groups in total. The number of hydrogen-bond donors (Lipinski definition) is 0. The molecule has 0 fully saturated rings. The van der Waals surface area contributed by atoms with Crippen molar-refractivity contribution < 1.29 is 13.9 Å². The van der Waals surface area contributed by atoms with Gasteiger partial charge in [-0.05, 0) is 31.0 Å². The Bertz CT molecular complexity index is 880. The molecule has 0 unspecified atom stereocenters. The molecule has 0 aliphatic rings. The third-order valence-electron chi connectivity index (χ3n) is 3.66. The zero-order valence-corrected chi connectivity index (χ0v) is 15.5. The molecule has 130 valence electrons. The van der Waals surface area contributed by atoms with Gasteiger partial charge in [0.15, 0.2) is 0 Å². The molecule has 0 radical (unpaired) electrons. The third-order valence-corrected chi connectivity index (χ3v) is 5.89. The van der Waals surface area contributed by atoms with Crippen LogP contribution < -0.4 is 0 Å². The van der Waals surface area contributed by atoms with E-state index < -0.39 is 0 Å². The number of esters is 1. The minimum atomic E-state index is -0.320. The quantitative estimate of drug-likeness (QED) is 0.347. The molecule has 2 heterocycles. The fourth-order valence-electron chi connectivity index (χ4n) is 2.45. The number of thioether (sulfide) groups is 1. The Kier molecular flexibility index (Phi) is 5.65. The summed E-state index contributed by atoms with van der Waals surface area (Å²) in [7, 11) is 0. The summed E-state index contributed by atoms with van der Waals surface area (Å²) >= 11 is 2.90. The van der Waals surface area contributed by atoms with Crippen LogP contribution in [0.3, 0.4) is 0 Å². The number of aromatic nitrogens is 2. The molecule has 1 atom stereocenters. The molecule has 0 aliphatic carbocycles. The Morgan fingerprint density at radius 1 is 1.28 bits per heavy atom. The molecule has 0 bridgehead atoms. The molecule has 0 saturated carbocycles. The fraction of sp³-hybridized carbons (Fsp3) is 0.278. The second kappa shape index (κ2) is 7.93. The normalized spacial score (nSPS) is 12.3. The van der Waals surface area contributed by atoms with E-state index >= 15 is 0 Å². The van der Waals surface area contributed by atoms with E-state index in [1.807, 2.05) is 12.3 Å². The van der Waals surface area contributed by atoms with Crippen molar-refractivity contribution in [3.05, 3.63) is 41.8 Å². The second-order valence-corrected chi connectivity index (χ2v) is 7.33. The molecule has 1 aromatic carbocycles. The first kappa shape index (κ1) is 17.8. The molecular formula is C18H17FN2O2S2. The zero-order chi connectivity index (χ0) is 17.8. The van der Waals surface area contributed by atoms with Crippen LogP contribution >= 0.6 is 23.1 Å². The number of thiophene rings is 1. The zero-order valence-electron chi connectivity index (χ0n) is 13.9. The summed E-state index contributed by atoms with van der Waals surface area (Å²) in [5, 5.41) is 3.30. The van der Waals surface area contributed by atoms with E-state index in [2.05, 4.69) is 9.97 Å². The van der Waals surface area contributed by atoms with Crippen LogP contribution in [0.1, 0.15) is 20.3 Å². The SMILES string of the molecule is CCOC(=O)[C@H](CC)Sc1ncnc2scc(-c3ccc(F)cc3)c12. The van der Waals surface area contributed by atoms with Gasteiger partial charge in [0, 0.05) is 10.9 Å². The van der Waals surface area contributed by atoms with Gasteiger partial charge in [0.25, 0.3) is 0 Å². The lowest BCUT2D eigenvalue weighted by Crippen LogP contribution is -2.19. The highest BCUT2D eigenvalue weighted by atomic mass is 32.2. The van der Waals surface area contributed by atoms with E-state index in [1.54, 1.807) is 19.1 Å². The van der Waals surface area contributed by atoms with Crippen molar-refractivity contribution in [3.63, 3.8) is 0 Å². The third kappa shape index (κ3) is 3.82. The van der Waals surface area contributed by atoms with Crippen LogP contribution in [0.15, 0.2) is 41.0 Å². The first-order valence-corrected chi connectivity index (χ1v) is 9.71. The minimum Gasteiger partial charge on any atom is -0.465 e. The van der Waals surface area contributed by atoms with E-state index in [-0.39, 0.29) is 17.0 Å². The van der Waals surface area contributed by atoms with E-state index in [1.165, 1.54) is 41.6 Å². The molecule has 3 rings (SSSR count). The molecule has 0 aliphatic heterocycles. The Hall–Kier alpha value is -1.99. The monoisotopic (exact) mass is 376 g/mol. The number of carbonyl (C=O) groups excluding carboxylic acids is 1. The van der Waals surface area contributed by atoms with E-state index in [9.17, 15) is 9.18 Å². The van der Waals surface area contributed by atoms with E-state index in [0.717, 1.165) is 26.4 Å². The predicted molar refractivity (Wildman–Crippen MR) is 99.4 cm³/mol. The summed E-state index contributed by atoms with van der Waals surface area (Å²) in [4.78, 5) is 21.7. The first-order valence-electron chi connectivity index (χ1n) is 7.95. The van der Waals surface area contributed by atoms with Crippen LogP contribution in [-0.4, -0.2) is 27.8 Å². The average Bonchev–Trinajstić information content (AvgIpc) is 3.05. The number of benzene rings is 1. The van der Waals surface area contributed by atoms with Gasteiger partial charge in [-0.25, -0.2) is 14.4 Å². The molecule has 0 saturated heterocycles. The summed E-state index contributed by atoms with van der Waals surface area (Å²) in [5.41, 5.74) is 1.84. The average molecular weight is 376 g/mol. The molecule has 4 nitrogen and oxygen atoms in total. The summed E-state index contributed by atoms with van der Waals surface area (Å²) in [6, 6.07) is 6.34. The number of nitrogens with zero attached hydrogens (tertiary/aromatic N) is 2. The number of carbonyl (C=O) groups is 1. The Balaban J connectivity index is 2.02. The fourth-order valence-corrected chi connectivity index (χ4v) is 4.46. The van der Waals surface area contributed by atoms with Gasteiger partial charge in [-0.15, -0.1) is 11.3 Å². The van der Waals surface area contributed by atoms with Gasteiger partial charge in [0.05, 0.1) is 12.0 Å². The van der Waals surface area contributed by atoms with Gasteiger partial charge in [-0.3, -0.25) is 4.79 Å². The van der Waals surface area contributed by atoms with E-state index in [4.69, 9.17) is 4.74 Å². The summed E-state index contributed by atoms with van der Waals surface area (Å²) in [5.74, 6) is -0.511. The molecule has 0 spiro atoms. The van der Waals surface area contributed by atoms with Gasteiger partial charge in [0.1, 0.15) is 27.3 Å². The van der Waals surface area contributed by atoms with Crippen molar-refractivity contribution in [2.24, 2.45) is 0 Å². The van der Waals surface area contributed by atoms with Gasteiger partial charge >= 0.3 is 5.97 Å². The molecule has 2 aromatic heterocycles. The van der Waals surface area contributed by atoms with E-state index in [0.29, 0.717) is 13.0 Å². The highest BCUT2D eigenvalue weighted by Crippen LogP contribution is 2.39. The second-order valence-electron chi connectivity index (χ2n) is 5.28. The summed E-state index contributed by atoms with van der Waals surface area (Å²) in [6.45, 7) is 4.10. The maximum atomic E-state index is 13.2. The molecule has 3 aromatic rings. The number of hydrogen-bond acceptors (Lipinski definition) is 6. The minimum absolute atomic E-state index is 0.236. The van der Waals surface area contributed by atoms with Crippen LogP contribution in [0.4, 0.5) is 4.39 Å². The van der Waals surface area contributed by atoms with Gasteiger partial charge in [-0.2, -0.15) is 0 Å². The molecule has 0 amide bonds. The van der Waals surface area contributed by atoms with Crippen LogP contribution in [0.2, 0.25) is 0 Å². The van der Waals surface area contributed by atoms with Crippen LogP contribution in [0.25, 0.3) is 21.3 Å². The highest BCUT2D eigenvalue weighted by molar-refractivity contribution is 8.00. The van der Waals surface area contributed by atoms with Crippen LogP contribution in [0, 0.1) is 5.82 Å². The largest absolute Gasteiger partial charge is 0.465 e. The van der Waals surface area contributed by atoms with Crippen molar-refractivity contribution in [2.45, 2.75) is 30.5 Å². The Morgan fingerprint density at radius 3 is 2.72 bits per heavy atom. The number of ether oxygens (including phenoxy) is 1. The van der Waals surface area contributed by atoms with Crippen molar-refractivity contribution in [1.82, 2.24) is 9.97 Å². The number of halogens is 1. The van der Waals surface area contributed by atoms with Crippen LogP contribution in [0.5, 0.6) is 0 Å². The first-order chi connectivity index (χ1) is 12.1. The standard InChI is InChI=1S/C18H17FN2O2S2/c1-3-14(18(22)23-4-2)25-17-15-13(9-24-16(15)20-10-21-17)11-5-7-12(19)8-6-11/h5-10,14H,3-4H2,1-2H3/t14-/m0/s1. The maximum Gasteiger partial charge on any atom is 0.319 e. The smallest absolute Gasteiger partial charge is 0.319 e. The summed E-state index contributed by atoms with van der Waals surface area (Å²) in [6.07, 6.45) is 2.15. The molecule has 7 heteroatoms. The van der Waals surface area contributed by atoms with Gasteiger partial charge in [0.2, 0.25) is 0 Å². The lowest BCUT2D eigenvalue weighted by molar-refractivity contribution is -0.142. The topological polar surface area (TPSA) is 52.1 Å². The van der Waals surface area contributed by atoms with Gasteiger partial charge in [-0.1, -0.05) is 30.8 Å². The van der Waals surface area contributed by atoms with Crippen molar-refractivity contribution in [1.29, 1.82) is 0 Å². The lowest BCUT2D eigenvalue weighted by Gasteiger charge is -2.13. The summed E-state index contributed by atoms with van der Waals surface area (Å²) < 4.78 is 18.4. The highest BCUT2D eigenvalue weighted by Gasteiger charge is 2.23. The molecular weight excluding hydrogens is 359 g/mol. The van der Waals surface area contributed by atoms with Gasteiger partial charge < -0.3 is 4.74 Å².